The molecule has 0 saturated heterocycles. The number of benzene rings is 4. The molecular formula is C60H64F2N12O4. The summed E-state index contributed by atoms with van der Waals surface area (Å²) in [4.78, 5) is 46.5. The SMILES string of the molecule is COCC[C@@H]1C[C@@H](NC(=O)Nc2c(C)c(-c3cnc(C)nc3)nn2-c2ccc(Cc3ncc(-c4nn(-c5ccccc5)c(NC(=O)N[C@@H]5C[C@@H](CCOC)C[C@H]5c5ccc(F)c(F)c5)c4C)cn3)cc2)[C@H](c2ccccc2)C1. The summed E-state index contributed by atoms with van der Waals surface area (Å²) in [7, 11) is 3.37. The Bertz CT molecular complexity index is 3340. The number of nitrogens with zero attached hydrogens (tertiary/aromatic N) is 8. The third-order valence-corrected chi connectivity index (χ3v) is 15.3. The van der Waals surface area contributed by atoms with Gasteiger partial charge in [-0.25, -0.2) is 47.7 Å². The van der Waals surface area contributed by atoms with Crippen LogP contribution >= 0.6 is 0 Å². The first-order valence-corrected chi connectivity index (χ1v) is 26.5. The lowest BCUT2D eigenvalue weighted by Gasteiger charge is -2.22. The molecule has 2 aliphatic rings. The van der Waals surface area contributed by atoms with Crippen LogP contribution in [0.1, 0.15) is 89.8 Å². The van der Waals surface area contributed by atoms with E-state index < -0.39 is 17.7 Å². The minimum absolute atomic E-state index is 0.0716. The third kappa shape index (κ3) is 12.0. The van der Waals surface area contributed by atoms with E-state index in [-0.39, 0.29) is 35.9 Å². The van der Waals surface area contributed by atoms with Crippen molar-refractivity contribution in [2.75, 3.05) is 38.1 Å². The number of nitrogens with one attached hydrogen (secondary N) is 4. The number of carbonyl (C=O) groups is 2. The zero-order valence-electron chi connectivity index (χ0n) is 44.4. The van der Waals surface area contributed by atoms with E-state index in [1.165, 1.54) is 11.6 Å². The number of hydrogen-bond acceptors (Lipinski definition) is 10. The minimum atomic E-state index is -0.917. The number of anilines is 2. The minimum Gasteiger partial charge on any atom is -0.385 e. The summed E-state index contributed by atoms with van der Waals surface area (Å²) in [5, 5.41) is 22.7. The van der Waals surface area contributed by atoms with E-state index in [0.717, 1.165) is 59.8 Å². The van der Waals surface area contributed by atoms with Gasteiger partial charge in [0.05, 0.1) is 11.4 Å². The fourth-order valence-electron chi connectivity index (χ4n) is 11.2. The Balaban J connectivity index is 0.858. The second kappa shape index (κ2) is 24.0. The standard InChI is InChI=1S/C60H64F2N12O4/c1-36-55(44-32-63-38(3)64-33-44)72-74(58(36)70-59(75)67-52-28-40(22-24-77-4)26-48(52)42-12-8-6-9-13-42)47-19-16-39(17-20-47)30-54-65-34-45(35-66-54)56-37(2)57(73(71-56)46-14-10-7-11-15-46)69-60(76)68-53-29-41(23-25-78-5)27-49(53)43-18-21-50(61)51(62)31-43/h6-21,31-35,40-41,48-49,52-53H,22-30H2,1-5H3,(H2,67,70,75)(H2,68,69,76)/t40-,41-,48-,49-,52+,53+/m0/s1. The highest BCUT2D eigenvalue weighted by molar-refractivity contribution is 5.92. The number of hydrogen-bond donors (Lipinski definition) is 4. The molecule has 2 saturated carbocycles. The highest BCUT2D eigenvalue weighted by atomic mass is 19.2. The van der Waals surface area contributed by atoms with Crippen molar-refractivity contribution in [3.63, 3.8) is 0 Å². The molecule has 4 aromatic carbocycles. The van der Waals surface area contributed by atoms with Crippen molar-refractivity contribution >= 4 is 23.7 Å². The molecule has 0 spiro atoms. The van der Waals surface area contributed by atoms with Crippen molar-refractivity contribution in [2.45, 2.75) is 89.6 Å². The average Bonchev–Trinajstić information content (AvgIpc) is 4.30. The van der Waals surface area contributed by atoms with E-state index >= 15 is 0 Å². The van der Waals surface area contributed by atoms with Crippen molar-refractivity contribution in [1.82, 2.24) is 50.1 Å². The maximum atomic E-state index is 14.5. The number of aryl methyl sites for hydroxylation is 1. The summed E-state index contributed by atoms with van der Waals surface area (Å²) < 4.78 is 42.6. The van der Waals surface area contributed by atoms with Crippen LogP contribution in [0, 0.1) is 44.2 Å². The number of ether oxygens (including phenoxy) is 2. The topological polar surface area (TPSA) is 188 Å². The lowest BCUT2D eigenvalue weighted by atomic mass is 9.93. The zero-order valence-corrected chi connectivity index (χ0v) is 44.4. The predicted octanol–water partition coefficient (Wildman–Crippen LogP) is 11.2. The molecule has 4 amide bonds. The molecular weight excluding hydrogens is 991 g/mol. The van der Waals surface area contributed by atoms with Crippen LogP contribution in [-0.4, -0.2) is 91.1 Å². The number of para-hydroxylation sites is 1. The molecule has 4 aromatic heterocycles. The summed E-state index contributed by atoms with van der Waals surface area (Å²) >= 11 is 0. The van der Waals surface area contributed by atoms with Gasteiger partial charge in [0.2, 0.25) is 0 Å². The van der Waals surface area contributed by atoms with Crippen molar-refractivity contribution in [2.24, 2.45) is 11.8 Å². The number of halogens is 2. The first-order valence-electron chi connectivity index (χ1n) is 26.5. The van der Waals surface area contributed by atoms with Gasteiger partial charge in [-0.05, 0) is 124 Å². The monoisotopic (exact) mass is 1050 g/mol. The van der Waals surface area contributed by atoms with Crippen molar-refractivity contribution < 1.29 is 27.8 Å². The van der Waals surface area contributed by atoms with Gasteiger partial charge in [0.25, 0.3) is 0 Å². The van der Waals surface area contributed by atoms with Gasteiger partial charge in [0.15, 0.2) is 11.6 Å². The maximum absolute atomic E-state index is 14.5. The lowest BCUT2D eigenvalue weighted by Crippen LogP contribution is -2.40. The van der Waals surface area contributed by atoms with Crippen LogP contribution in [0.4, 0.5) is 30.0 Å². The number of rotatable bonds is 18. The summed E-state index contributed by atoms with van der Waals surface area (Å²) in [6.07, 6.45) is 12.2. The Kier molecular flexibility index (Phi) is 16.4. The van der Waals surface area contributed by atoms with Gasteiger partial charge in [-0.1, -0.05) is 66.7 Å². The number of urea groups is 2. The summed E-state index contributed by atoms with van der Waals surface area (Å²) in [5.41, 5.74) is 8.32. The summed E-state index contributed by atoms with van der Waals surface area (Å²) in [5.74, 6) is 0.952. The smallest absolute Gasteiger partial charge is 0.320 e. The van der Waals surface area contributed by atoms with Crippen LogP contribution in [-0.2, 0) is 15.9 Å². The Morgan fingerprint density at radius 1 is 0.577 bits per heavy atom. The van der Waals surface area contributed by atoms with Crippen LogP contribution in [0.3, 0.4) is 0 Å². The van der Waals surface area contributed by atoms with Crippen molar-refractivity contribution in [3.05, 3.63) is 179 Å². The fourth-order valence-corrected chi connectivity index (χ4v) is 11.2. The molecule has 78 heavy (non-hydrogen) atoms. The van der Waals surface area contributed by atoms with Crippen LogP contribution < -0.4 is 21.3 Å². The molecule has 2 fully saturated rings. The molecule has 10 rings (SSSR count). The zero-order chi connectivity index (χ0) is 54.3. The van der Waals surface area contributed by atoms with E-state index in [0.29, 0.717) is 89.8 Å². The first-order chi connectivity index (χ1) is 37.9. The van der Waals surface area contributed by atoms with Gasteiger partial charge in [0.1, 0.15) is 34.7 Å². The molecule has 8 aromatic rings. The van der Waals surface area contributed by atoms with Gasteiger partial charge < -0.3 is 20.1 Å². The first kappa shape index (κ1) is 53.2. The molecule has 402 valence electrons. The van der Waals surface area contributed by atoms with Crippen LogP contribution in [0.2, 0.25) is 0 Å². The molecule has 18 heteroatoms. The molecule has 0 radical (unpaired) electrons. The molecule has 4 N–H and O–H groups in total. The molecule has 16 nitrogen and oxygen atoms in total. The molecule has 2 aliphatic carbocycles. The Morgan fingerprint density at radius 2 is 1.06 bits per heavy atom. The Morgan fingerprint density at radius 3 is 1.58 bits per heavy atom. The van der Waals surface area contributed by atoms with Gasteiger partial charge in [-0.3, -0.25) is 10.6 Å². The fraction of sp³-hybridized carbons (Fsp3) is 0.333. The van der Waals surface area contributed by atoms with E-state index in [1.807, 2.05) is 93.6 Å². The normalized spacial score (nSPS) is 19.0. The summed E-state index contributed by atoms with van der Waals surface area (Å²) in [6, 6.07) is 30.6. The van der Waals surface area contributed by atoms with Crippen LogP contribution in [0.15, 0.2) is 128 Å². The van der Waals surface area contributed by atoms with Gasteiger partial charge in [-0.15, -0.1) is 0 Å². The number of carbonyl (C=O) groups excluding carboxylic acids is 2. The summed E-state index contributed by atoms with van der Waals surface area (Å²) in [6.45, 7) is 6.88. The maximum Gasteiger partial charge on any atom is 0.320 e. The highest BCUT2D eigenvalue weighted by Gasteiger charge is 2.38. The molecule has 6 atom stereocenters. The van der Waals surface area contributed by atoms with E-state index in [1.54, 1.807) is 54.4 Å². The Labute approximate surface area is 452 Å². The molecule has 4 heterocycles. The van der Waals surface area contributed by atoms with Crippen molar-refractivity contribution in [3.8, 4) is 33.9 Å². The van der Waals surface area contributed by atoms with Crippen molar-refractivity contribution in [1.29, 1.82) is 0 Å². The third-order valence-electron chi connectivity index (χ3n) is 15.3. The van der Waals surface area contributed by atoms with Gasteiger partial charge in [0, 0.05) is 105 Å². The molecule has 0 aliphatic heterocycles. The van der Waals surface area contributed by atoms with Gasteiger partial charge >= 0.3 is 12.1 Å². The van der Waals surface area contributed by atoms with Crippen LogP contribution in [0.5, 0.6) is 0 Å². The van der Waals surface area contributed by atoms with Crippen LogP contribution in [0.25, 0.3) is 33.9 Å². The number of aromatic nitrogens is 8. The van der Waals surface area contributed by atoms with E-state index in [2.05, 4.69) is 43.4 Å². The second-order valence-electron chi connectivity index (χ2n) is 20.5. The largest absolute Gasteiger partial charge is 0.385 e. The Hall–Kier alpha value is -8.22. The van der Waals surface area contributed by atoms with E-state index in [4.69, 9.17) is 29.6 Å². The number of amides is 4. The average molecular weight is 1060 g/mol. The van der Waals surface area contributed by atoms with Gasteiger partial charge in [-0.2, -0.15) is 10.2 Å². The second-order valence-corrected chi connectivity index (χ2v) is 20.5. The predicted molar refractivity (Wildman–Crippen MR) is 295 cm³/mol. The quantitative estimate of drug-likeness (QED) is 0.0644. The van der Waals surface area contributed by atoms with E-state index in [9.17, 15) is 18.4 Å². The molecule has 0 bridgehead atoms. The highest BCUT2D eigenvalue weighted by Crippen LogP contribution is 2.42. The molecule has 0 unspecified atom stereocenters. The number of methoxy groups -OCH3 is 2. The lowest BCUT2D eigenvalue weighted by molar-refractivity contribution is 0.177.